The Hall–Kier alpha value is -2.10. The standard InChI is InChI=1S/C17H13Cl2NO2/c1-20-17(22)12-5-2-11(3-6-12)4-9-16(21)13-7-8-14(18)15(19)10-13/h2-10H,1H3,(H,20,22). The first-order valence-corrected chi connectivity index (χ1v) is 7.26. The third-order valence-corrected chi connectivity index (χ3v) is 3.77. The van der Waals surface area contributed by atoms with E-state index >= 15 is 0 Å². The van der Waals surface area contributed by atoms with Gasteiger partial charge in [-0.2, -0.15) is 0 Å². The summed E-state index contributed by atoms with van der Waals surface area (Å²) in [6, 6.07) is 11.7. The lowest BCUT2D eigenvalue weighted by molar-refractivity contribution is 0.0962. The Kier molecular flexibility index (Phi) is 5.36. The van der Waals surface area contributed by atoms with Crippen LogP contribution in [0.15, 0.2) is 48.5 Å². The van der Waals surface area contributed by atoms with Crippen LogP contribution in [0.25, 0.3) is 6.08 Å². The fraction of sp³-hybridized carbons (Fsp3) is 0.0588. The molecule has 0 bridgehead atoms. The zero-order chi connectivity index (χ0) is 16.1. The van der Waals surface area contributed by atoms with Gasteiger partial charge in [-0.15, -0.1) is 0 Å². The van der Waals surface area contributed by atoms with Crippen LogP contribution in [0.4, 0.5) is 0 Å². The lowest BCUT2D eigenvalue weighted by Crippen LogP contribution is -2.17. The molecule has 0 saturated heterocycles. The molecule has 0 spiro atoms. The van der Waals surface area contributed by atoms with Crippen LogP contribution in [-0.2, 0) is 0 Å². The predicted molar refractivity (Wildman–Crippen MR) is 89.7 cm³/mol. The van der Waals surface area contributed by atoms with Gasteiger partial charge in [-0.05, 0) is 42.0 Å². The molecule has 0 aliphatic rings. The molecule has 3 nitrogen and oxygen atoms in total. The zero-order valence-electron chi connectivity index (χ0n) is 11.8. The molecule has 0 aliphatic heterocycles. The number of amides is 1. The molecule has 22 heavy (non-hydrogen) atoms. The van der Waals surface area contributed by atoms with E-state index in [4.69, 9.17) is 23.2 Å². The molecule has 2 aromatic rings. The molecule has 5 heteroatoms. The number of carbonyl (C=O) groups is 2. The van der Waals surface area contributed by atoms with Crippen molar-refractivity contribution in [1.29, 1.82) is 0 Å². The van der Waals surface area contributed by atoms with E-state index in [2.05, 4.69) is 5.32 Å². The number of nitrogens with one attached hydrogen (secondary N) is 1. The van der Waals surface area contributed by atoms with E-state index in [0.717, 1.165) is 5.56 Å². The first-order valence-electron chi connectivity index (χ1n) is 6.51. The second kappa shape index (κ2) is 7.25. The van der Waals surface area contributed by atoms with Crippen molar-refractivity contribution in [3.63, 3.8) is 0 Å². The van der Waals surface area contributed by atoms with Crippen LogP contribution in [0.1, 0.15) is 26.3 Å². The van der Waals surface area contributed by atoms with E-state index in [-0.39, 0.29) is 11.7 Å². The van der Waals surface area contributed by atoms with Crippen molar-refractivity contribution in [2.24, 2.45) is 0 Å². The van der Waals surface area contributed by atoms with E-state index in [1.165, 1.54) is 12.1 Å². The van der Waals surface area contributed by atoms with Gasteiger partial charge in [-0.1, -0.05) is 41.4 Å². The van der Waals surface area contributed by atoms with Crippen LogP contribution in [0.5, 0.6) is 0 Å². The molecule has 0 unspecified atom stereocenters. The van der Waals surface area contributed by atoms with Gasteiger partial charge >= 0.3 is 0 Å². The number of rotatable bonds is 4. The van der Waals surface area contributed by atoms with Gasteiger partial charge < -0.3 is 5.32 Å². The largest absolute Gasteiger partial charge is 0.355 e. The van der Waals surface area contributed by atoms with Crippen molar-refractivity contribution in [3.8, 4) is 0 Å². The first-order chi connectivity index (χ1) is 10.5. The molecule has 0 radical (unpaired) electrons. The minimum Gasteiger partial charge on any atom is -0.355 e. The van der Waals surface area contributed by atoms with Crippen LogP contribution in [-0.4, -0.2) is 18.7 Å². The molecule has 2 rings (SSSR count). The summed E-state index contributed by atoms with van der Waals surface area (Å²) in [6.45, 7) is 0. The van der Waals surface area contributed by atoms with Gasteiger partial charge in [0.25, 0.3) is 5.91 Å². The van der Waals surface area contributed by atoms with Crippen LogP contribution in [0.3, 0.4) is 0 Å². The van der Waals surface area contributed by atoms with Crippen LogP contribution in [0.2, 0.25) is 10.0 Å². The summed E-state index contributed by atoms with van der Waals surface area (Å²) in [4.78, 5) is 23.5. The maximum atomic E-state index is 12.1. The van der Waals surface area contributed by atoms with Gasteiger partial charge in [0.1, 0.15) is 0 Å². The maximum Gasteiger partial charge on any atom is 0.251 e. The number of carbonyl (C=O) groups excluding carboxylic acids is 2. The SMILES string of the molecule is CNC(=O)c1ccc(C=CC(=O)c2ccc(Cl)c(Cl)c2)cc1. The highest BCUT2D eigenvalue weighted by Gasteiger charge is 2.05. The Morgan fingerprint density at radius 2 is 1.59 bits per heavy atom. The number of hydrogen-bond donors (Lipinski definition) is 1. The van der Waals surface area contributed by atoms with Gasteiger partial charge in [0, 0.05) is 18.2 Å². The van der Waals surface area contributed by atoms with E-state index < -0.39 is 0 Å². The monoisotopic (exact) mass is 333 g/mol. The third-order valence-electron chi connectivity index (χ3n) is 3.03. The summed E-state index contributed by atoms with van der Waals surface area (Å²) in [5.74, 6) is -0.323. The molecule has 2 aromatic carbocycles. The van der Waals surface area contributed by atoms with Gasteiger partial charge in [-0.25, -0.2) is 0 Å². The Morgan fingerprint density at radius 3 is 2.18 bits per heavy atom. The minimum atomic E-state index is -0.172. The van der Waals surface area contributed by atoms with Crippen molar-refractivity contribution in [2.45, 2.75) is 0 Å². The predicted octanol–water partition coefficient (Wildman–Crippen LogP) is 4.25. The van der Waals surface area contributed by atoms with Crippen molar-refractivity contribution >= 4 is 41.0 Å². The third kappa shape index (κ3) is 3.97. The van der Waals surface area contributed by atoms with E-state index in [1.54, 1.807) is 49.5 Å². The van der Waals surface area contributed by atoms with E-state index in [1.807, 2.05) is 0 Å². The summed E-state index contributed by atoms with van der Waals surface area (Å²) in [7, 11) is 1.58. The number of allylic oxidation sites excluding steroid dienone is 1. The summed E-state index contributed by atoms with van der Waals surface area (Å²) < 4.78 is 0. The highest BCUT2D eigenvalue weighted by Crippen LogP contribution is 2.23. The number of hydrogen-bond acceptors (Lipinski definition) is 2. The van der Waals surface area contributed by atoms with E-state index in [0.29, 0.717) is 21.2 Å². The zero-order valence-corrected chi connectivity index (χ0v) is 13.3. The molecule has 0 aromatic heterocycles. The average molecular weight is 334 g/mol. The number of ketones is 1. The topological polar surface area (TPSA) is 46.2 Å². The Morgan fingerprint density at radius 1 is 0.955 bits per heavy atom. The van der Waals surface area contributed by atoms with Crippen LogP contribution < -0.4 is 5.32 Å². The smallest absolute Gasteiger partial charge is 0.251 e. The lowest BCUT2D eigenvalue weighted by atomic mass is 10.1. The Labute approximate surface area is 138 Å². The van der Waals surface area contributed by atoms with Gasteiger partial charge in [0.15, 0.2) is 5.78 Å². The van der Waals surface area contributed by atoms with Crippen LogP contribution >= 0.6 is 23.2 Å². The normalized spacial score (nSPS) is 10.7. The van der Waals surface area contributed by atoms with Crippen molar-refractivity contribution in [3.05, 3.63) is 75.3 Å². The molecular formula is C17H13Cl2NO2. The molecule has 0 saturated carbocycles. The lowest BCUT2D eigenvalue weighted by Gasteiger charge is -2.01. The van der Waals surface area contributed by atoms with Gasteiger partial charge in [0.2, 0.25) is 0 Å². The number of benzene rings is 2. The highest BCUT2D eigenvalue weighted by molar-refractivity contribution is 6.42. The molecule has 1 N–H and O–H groups in total. The van der Waals surface area contributed by atoms with Crippen molar-refractivity contribution in [1.82, 2.24) is 5.32 Å². The molecule has 0 fully saturated rings. The summed E-state index contributed by atoms with van der Waals surface area (Å²) in [5, 5.41) is 3.30. The minimum absolute atomic E-state index is 0.151. The summed E-state index contributed by atoms with van der Waals surface area (Å²) in [6.07, 6.45) is 3.13. The Balaban J connectivity index is 2.12. The van der Waals surface area contributed by atoms with Gasteiger partial charge in [0.05, 0.1) is 10.0 Å². The highest BCUT2D eigenvalue weighted by atomic mass is 35.5. The second-order valence-corrected chi connectivity index (χ2v) is 5.34. The molecule has 0 heterocycles. The van der Waals surface area contributed by atoms with Crippen molar-refractivity contribution in [2.75, 3.05) is 7.05 Å². The van der Waals surface area contributed by atoms with E-state index in [9.17, 15) is 9.59 Å². The Bertz CT molecular complexity index is 737. The fourth-order valence-electron chi connectivity index (χ4n) is 1.81. The average Bonchev–Trinajstić information content (AvgIpc) is 2.54. The molecule has 1 amide bonds. The summed E-state index contributed by atoms with van der Waals surface area (Å²) in [5.41, 5.74) is 1.85. The van der Waals surface area contributed by atoms with Crippen molar-refractivity contribution < 1.29 is 9.59 Å². The van der Waals surface area contributed by atoms with Crippen LogP contribution in [0, 0.1) is 0 Å². The first kappa shape index (κ1) is 16.3. The quantitative estimate of drug-likeness (QED) is 0.671. The summed E-state index contributed by atoms with van der Waals surface area (Å²) >= 11 is 11.7. The maximum absolute atomic E-state index is 12.1. The number of halogens is 2. The second-order valence-electron chi connectivity index (χ2n) is 4.53. The fourth-order valence-corrected chi connectivity index (χ4v) is 2.11. The molecular weight excluding hydrogens is 321 g/mol. The molecule has 0 aliphatic carbocycles. The van der Waals surface area contributed by atoms with Gasteiger partial charge in [-0.3, -0.25) is 9.59 Å². The molecule has 112 valence electrons. The molecule has 0 atom stereocenters.